The highest BCUT2D eigenvalue weighted by Gasteiger charge is 2.14. The van der Waals surface area contributed by atoms with Crippen molar-refractivity contribution >= 4 is 18.4 Å². The number of aryl methyl sites for hydroxylation is 1. The number of hydrogen-bond acceptors (Lipinski definition) is 4. The molecule has 5 heteroatoms. The van der Waals surface area contributed by atoms with E-state index >= 15 is 0 Å². The number of hydrogen-bond donors (Lipinski definition) is 2. The molecule has 0 aliphatic carbocycles. The zero-order valence-electron chi connectivity index (χ0n) is 8.02. The van der Waals surface area contributed by atoms with E-state index in [1.807, 2.05) is 19.0 Å². The number of anilines is 1. The van der Waals surface area contributed by atoms with Gasteiger partial charge in [-0.3, -0.25) is 0 Å². The Morgan fingerprint density at radius 2 is 1.92 bits per heavy atom. The first-order valence-electron chi connectivity index (χ1n) is 4.03. The summed E-state index contributed by atoms with van der Waals surface area (Å²) in [5.41, 5.74) is 1.09. The van der Waals surface area contributed by atoms with E-state index in [0.717, 1.165) is 5.82 Å². The molecular weight excluding hydrogens is 167 g/mol. The third-order valence-electron chi connectivity index (χ3n) is 1.85. The molecule has 0 unspecified atom stereocenters. The Labute approximate surface area is 78.0 Å². The third-order valence-corrected chi connectivity index (χ3v) is 1.85. The lowest BCUT2D eigenvalue weighted by molar-refractivity contribution is 0.425. The van der Waals surface area contributed by atoms with Gasteiger partial charge in [-0.15, -0.1) is 0 Å². The minimum absolute atomic E-state index is 0.450. The summed E-state index contributed by atoms with van der Waals surface area (Å²) in [6.45, 7) is 1.75. The zero-order chi connectivity index (χ0) is 10.0. The summed E-state index contributed by atoms with van der Waals surface area (Å²) in [5, 5.41) is 17.9. The molecule has 1 rings (SSSR count). The average Bonchev–Trinajstić information content (AvgIpc) is 2.03. The molecule has 0 amide bonds. The van der Waals surface area contributed by atoms with Crippen molar-refractivity contribution in [2.24, 2.45) is 0 Å². The van der Waals surface area contributed by atoms with Crippen LogP contribution in [0.1, 0.15) is 5.69 Å². The highest BCUT2D eigenvalue weighted by atomic mass is 16.4. The molecule has 2 N–H and O–H groups in total. The first-order chi connectivity index (χ1) is 6.02. The summed E-state index contributed by atoms with van der Waals surface area (Å²) in [4.78, 5) is 6.06. The Hall–Kier alpha value is -1.07. The van der Waals surface area contributed by atoms with E-state index in [1.54, 1.807) is 19.1 Å². The summed E-state index contributed by atoms with van der Waals surface area (Å²) in [6.07, 6.45) is 0. The van der Waals surface area contributed by atoms with E-state index in [-0.39, 0.29) is 0 Å². The molecule has 0 spiro atoms. The second-order valence-electron chi connectivity index (χ2n) is 3.11. The van der Waals surface area contributed by atoms with Crippen LogP contribution in [0.15, 0.2) is 12.1 Å². The fraction of sp³-hybridized carbons (Fsp3) is 0.375. The first-order valence-corrected chi connectivity index (χ1v) is 4.03. The van der Waals surface area contributed by atoms with E-state index in [1.165, 1.54) is 0 Å². The molecule has 1 heterocycles. The quantitative estimate of drug-likeness (QED) is 0.581. The van der Waals surface area contributed by atoms with Crippen molar-refractivity contribution in [2.45, 2.75) is 6.92 Å². The maximum Gasteiger partial charge on any atom is 0.490 e. The van der Waals surface area contributed by atoms with Crippen LogP contribution in [0, 0.1) is 6.92 Å². The Bertz CT molecular complexity index is 302. The summed E-state index contributed by atoms with van der Waals surface area (Å²) < 4.78 is 0. The highest BCUT2D eigenvalue weighted by molar-refractivity contribution is 6.59. The fourth-order valence-corrected chi connectivity index (χ4v) is 1.08. The number of rotatable bonds is 2. The van der Waals surface area contributed by atoms with Gasteiger partial charge in [0.05, 0.1) is 0 Å². The van der Waals surface area contributed by atoms with Crippen molar-refractivity contribution in [3.05, 3.63) is 17.8 Å². The van der Waals surface area contributed by atoms with Gasteiger partial charge in [0, 0.05) is 25.3 Å². The Morgan fingerprint density at radius 3 is 2.31 bits per heavy atom. The summed E-state index contributed by atoms with van der Waals surface area (Å²) >= 11 is 0. The normalized spacial score (nSPS) is 9.92. The van der Waals surface area contributed by atoms with Crippen LogP contribution in [0.25, 0.3) is 0 Å². The third kappa shape index (κ3) is 2.20. The van der Waals surface area contributed by atoms with Crippen molar-refractivity contribution in [3.63, 3.8) is 0 Å². The van der Waals surface area contributed by atoms with Crippen molar-refractivity contribution in [2.75, 3.05) is 19.0 Å². The van der Waals surface area contributed by atoms with Crippen LogP contribution in [0.3, 0.4) is 0 Å². The van der Waals surface area contributed by atoms with Crippen molar-refractivity contribution in [1.29, 1.82) is 0 Å². The molecule has 0 aliphatic rings. The Morgan fingerprint density at radius 1 is 1.31 bits per heavy atom. The van der Waals surface area contributed by atoms with Gasteiger partial charge < -0.3 is 14.9 Å². The van der Waals surface area contributed by atoms with Gasteiger partial charge in [-0.25, -0.2) is 4.98 Å². The van der Waals surface area contributed by atoms with Crippen LogP contribution < -0.4 is 10.4 Å². The van der Waals surface area contributed by atoms with Crippen LogP contribution in [0.4, 0.5) is 5.82 Å². The molecule has 13 heavy (non-hydrogen) atoms. The predicted octanol–water partition coefficient (Wildman–Crippen LogP) is -0.864. The van der Waals surface area contributed by atoms with Crippen LogP contribution in [0.2, 0.25) is 0 Å². The number of aromatic nitrogens is 1. The predicted molar refractivity (Wildman–Crippen MR) is 53.1 cm³/mol. The molecule has 0 atom stereocenters. The lowest BCUT2D eigenvalue weighted by atomic mass is 9.79. The largest absolute Gasteiger partial charge is 0.490 e. The van der Waals surface area contributed by atoms with Gasteiger partial charge in [-0.05, 0) is 13.0 Å². The molecule has 1 aromatic rings. The standard InChI is InChI=1S/C8H13BN2O2/c1-6-7(9(12)13)4-5-8(10-6)11(2)3/h4-5,12-13H,1-3H3. The fourth-order valence-electron chi connectivity index (χ4n) is 1.08. The van der Waals surface area contributed by atoms with Crippen LogP contribution in [0.5, 0.6) is 0 Å². The van der Waals surface area contributed by atoms with Crippen LogP contribution in [-0.2, 0) is 0 Å². The first kappa shape index (κ1) is 10.0. The molecule has 0 aliphatic heterocycles. The Balaban J connectivity index is 3.06. The Kier molecular flexibility index (Phi) is 2.90. The molecule has 70 valence electrons. The van der Waals surface area contributed by atoms with Gasteiger partial charge >= 0.3 is 7.12 Å². The molecule has 1 aromatic heterocycles. The smallest absolute Gasteiger partial charge is 0.423 e. The molecule has 0 saturated carbocycles. The van der Waals surface area contributed by atoms with E-state index in [4.69, 9.17) is 10.0 Å². The summed E-state index contributed by atoms with van der Waals surface area (Å²) in [6, 6.07) is 3.42. The van der Waals surface area contributed by atoms with Crippen LogP contribution >= 0.6 is 0 Å². The van der Waals surface area contributed by atoms with Crippen LogP contribution in [-0.4, -0.2) is 36.2 Å². The zero-order valence-corrected chi connectivity index (χ0v) is 8.02. The molecule has 0 aromatic carbocycles. The van der Waals surface area contributed by atoms with Crippen molar-refractivity contribution in [3.8, 4) is 0 Å². The van der Waals surface area contributed by atoms with E-state index < -0.39 is 7.12 Å². The maximum atomic E-state index is 8.94. The molecular formula is C8H13BN2O2. The van der Waals surface area contributed by atoms with Gasteiger partial charge in [-0.1, -0.05) is 6.07 Å². The second-order valence-corrected chi connectivity index (χ2v) is 3.11. The van der Waals surface area contributed by atoms with E-state index in [9.17, 15) is 0 Å². The minimum Gasteiger partial charge on any atom is -0.423 e. The topological polar surface area (TPSA) is 56.6 Å². The van der Waals surface area contributed by atoms with Gasteiger partial charge in [0.25, 0.3) is 0 Å². The number of pyridine rings is 1. The van der Waals surface area contributed by atoms with Gasteiger partial charge in [0.1, 0.15) is 5.82 Å². The molecule has 0 saturated heterocycles. The molecule has 0 bridgehead atoms. The molecule has 4 nitrogen and oxygen atoms in total. The summed E-state index contributed by atoms with van der Waals surface area (Å²) in [7, 11) is 2.33. The SMILES string of the molecule is Cc1nc(N(C)C)ccc1B(O)O. The lowest BCUT2D eigenvalue weighted by Crippen LogP contribution is -2.33. The van der Waals surface area contributed by atoms with Crippen molar-refractivity contribution < 1.29 is 10.0 Å². The molecule has 0 radical (unpaired) electrons. The van der Waals surface area contributed by atoms with Crippen molar-refractivity contribution in [1.82, 2.24) is 4.98 Å². The number of nitrogens with zero attached hydrogens (tertiary/aromatic N) is 2. The van der Waals surface area contributed by atoms with Gasteiger partial charge in [0.2, 0.25) is 0 Å². The maximum absolute atomic E-state index is 8.94. The highest BCUT2D eigenvalue weighted by Crippen LogP contribution is 2.05. The van der Waals surface area contributed by atoms with Gasteiger partial charge in [-0.2, -0.15) is 0 Å². The van der Waals surface area contributed by atoms with E-state index in [0.29, 0.717) is 11.2 Å². The minimum atomic E-state index is -1.44. The summed E-state index contributed by atoms with van der Waals surface area (Å²) in [5.74, 6) is 0.807. The molecule has 0 fully saturated rings. The average molecular weight is 180 g/mol. The van der Waals surface area contributed by atoms with E-state index in [2.05, 4.69) is 4.98 Å². The van der Waals surface area contributed by atoms with Gasteiger partial charge in [0.15, 0.2) is 0 Å². The second kappa shape index (κ2) is 3.76. The lowest BCUT2D eigenvalue weighted by Gasteiger charge is -2.13. The monoisotopic (exact) mass is 180 g/mol.